The largest absolute Gasteiger partial charge is 0.383 e. The Kier molecular flexibility index (Phi) is 3.99. The van der Waals surface area contributed by atoms with Gasteiger partial charge in [-0.25, -0.2) is 0 Å². The van der Waals surface area contributed by atoms with Crippen molar-refractivity contribution in [1.82, 2.24) is 10.2 Å². The maximum atomic E-state index is 12.0. The molecule has 1 aromatic rings. The second-order valence-electron chi connectivity index (χ2n) is 4.75. The molecule has 4 nitrogen and oxygen atoms in total. The molecule has 0 aromatic heterocycles. The van der Waals surface area contributed by atoms with Crippen LogP contribution in [-0.4, -0.2) is 37.1 Å². The average Bonchev–Trinajstić information content (AvgIpc) is 2.72. The van der Waals surface area contributed by atoms with Gasteiger partial charge >= 0.3 is 0 Å². The van der Waals surface area contributed by atoms with Crippen molar-refractivity contribution in [2.24, 2.45) is 0 Å². The maximum absolute atomic E-state index is 12.0. The molecule has 1 fully saturated rings. The lowest BCUT2D eigenvalue weighted by molar-refractivity contribution is -0.131. The van der Waals surface area contributed by atoms with Gasteiger partial charge in [0.2, 0.25) is 5.91 Å². The Hall–Kier alpha value is -1.39. The highest BCUT2D eigenvalue weighted by Crippen LogP contribution is 2.27. The minimum Gasteiger partial charge on any atom is -0.383 e. The smallest absolute Gasteiger partial charge is 0.238 e. The first-order chi connectivity index (χ1) is 8.65. The van der Waals surface area contributed by atoms with E-state index in [-0.39, 0.29) is 18.1 Å². The molecule has 98 valence electrons. The highest BCUT2D eigenvalue weighted by Gasteiger charge is 2.35. The predicted octanol–water partition coefficient (Wildman–Crippen LogP) is 1.46. The zero-order valence-electron chi connectivity index (χ0n) is 11.1. The molecule has 1 aliphatic heterocycles. The van der Waals surface area contributed by atoms with Crippen molar-refractivity contribution in [2.45, 2.75) is 26.1 Å². The normalized spacial score (nSPS) is 21.4. The number of methoxy groups -OCH3 is 1. The van der Waals surface area contributed by atoms with Crippen molar-refractivity contribution in [3.05, 3.63) is 35.4 Å². The Morgan fingerprint density at radius 2 is 2.22 bits per heavy atom. The van der Waals surface area contributed by atoms with Crippen molar-refractivity contribution >= 4 is 5.91 Å². The fourth-order valence-electron chi connectivity index (χ4n) is 2.49. The van der Waals surface area contributed by atoms with E-state index in [1.165, 1.54) is 5.56 Å². The van der Waals surface area contributed by atoms with Crippen LogP contribution in [0.4, 0.5) is 0 Å². The lowest BCUT2D eigenvalue weighted by Gasteiger charge is -2.31. The molecule has 2 unspecified atom stereocenters. The van der Waals surface area contributed by atoms with Gasteiger partial charge in [0, 0.05) is 7.11 Å². The molecule has 1 heterocycles. The van der Waals surface area contributed by atoms with Crippen LogP contribution in [0.25, 0.3) is 0 Å². The number of amides is 1. The minimum atomic E-state index is -0.0381. The maximum Gasteiger partial charge on any atom is 0.238 e. The number of nitrogens with one attached hydrogen (secondary N) is 1. The monoisotopic (exact) mass is 248 g/mol. The number of rotatable bonds is 4. The summed E-state index contributed by atoms with van der Waals surface area (Å²) in [6.45, 7) is 5.03. The first kappa shape index (κ1) is 13.1. The summed E-state index contributed by atoms with van der Waals surface area (Å²) in [6, 6.07) is 8.23. The van der Waals surface area contributed by atoms with Crippen molar-refractivity contribution in [3.63, 3.8) is 0 Å². The van der Waals surface area contributed by atoms with E-state index in [2.05, 4.69) is 24.4 Å². The van der Waals surface area contributed by atoms with Gasteiger partial charge in [-0.15, -0.1) is 0 Å². The minimum absolute atomic E-state index is 0.0381. The van der Waals surface area contributed by atoms with Crippen LogP contribution in [0, 0.1) is 6.92 Å². The quantitative estimate of drug-likeness (QED) is 0.877. The number of hydrogen-bond acceptors (Lipinski definition) is 3. The summed E-state index contributed by atoms with van der Waals surface area (Å²) in [5.41, 5.74) is 2.35. The number of benzene rings is 1. The third-order valence-electron chi connectivity index (χ3n) is 3.38. The molecule has 1 amide bonds. The third kappa shape index (κ3) is 2.40. The van der Waals surface area contributed by atoms with E-state index in [0.29, 0.717) is 13.2 Å². The van der Waals surface area contributed by atoms with Crippen LogP contribution >= 0.6 is 0 Å². The van der Waals surface area contributed by atoms with E-state index in [1.54, 1.807) is 7.11 Å². The molecule has 0 spiro atoms. The molecule has 0 radical (unpaired) electrons. The van der Waals surface area contributed by atoms with E-state index in [0.717, 1.165) is 5.56 Å². The lowest BCUT2D eigenvalue weighted by atomic mass is 10.1. The number of nitrogens with zero attached hydrogens (tertiary/aromatic N) is 1. The Labute approximate surface area is 108 Å². The summed E-state index contributed by atoms with van der Waals surface area (Å²) < 4.78 is 5.16. The SMILES string of the molecule is COCC(C)N1C(=O)CNC1c1ccccc1C. The fraction of sp³-hybridized carbons (Fsp3) is 0.500. The zero-order valence-corrected chi connectivity index (χ0v) is 11.1. The van der Waals surface area contributed by atoms with Crippen LogP contribution < -0.4 is 5.32 Å². The number of aryl methyl sites for hydroxylation is 1. The van der Waals surface area contributed by atoms with E-state index in [4.69, 9.17) is 4.74 Å². The van der Waals surface area contributed by atoms with Crippen LogP contribution in [0.1, 0.15) is 24.2 Å². The Bertz CT molecular complexity index is 434. The molecule has 0 saturated carbocycles. The van der Waals surface area contributed by atoms with Gasteiger partial charge < -0.3 is 9.64 Å². The van der Waals surface area contributed by atoms with Crippen LogP contribution in [0.3, 0.4) is 0 Å². The van der Waals surface area contributed by atoms with Gasteiger partial charge in [-0.2, -0.15) is 0 Å². The van der Waals surface area contributed by atoms with Crippen LogP contribution in [0.15, 0.2) is 24.3 Å². The topological polar surface area (TPSA) is 41.6 Å². The van der Waals surface area contributed by atoms with Gasteiger partial charge in [-0.1, -0.05) is 24.3 Å². The Morgan fingerprint density at radius 1 is 1.50 bits per heavy atom. The van der Waals surface area contributed by atoms with Crippen LogP contribution in [-0.2, 0) is 9.53 Å². The molecule has 1 aliphatic rings. The molecule has 18 heavy (non-hydrogen) atoms. The molecule has 2 atom stereocenters. The van der Waals surface area contributed by atoms with Gasteiger partial charge in [0.1, 0.15) is 6.17 Å². The summed E-state index contributed by atoms with van der Waals surface area (Å²) in [5, 5.41) is 3.27. The molecule has 1 aromatic carbocycles. The summed E-state index contributed by atoms with van der Waals surface area (Å²) in [7, 11) is 1.66. The summed E-state index contributed by atoms with van der Waals surface area (Å²) in [5.74, 6) is 0.132. The number of carbonyl (C=O) groups is 1. The molecule has 2 rings (SSSR count). The lowest BCUT2D eigenvalue weighted by Crippen LogP contribution is -2.40. The van der Waals surface area contributed by atoms with Crippen molar-refractivity contribution in [3.8, 4) is 0 Å². The van der Waals surface area contributed by atoms with Gasteiger partial charge in [-0.05, 0) is 25.0 Å². The molecular weight excluding hydrogens is 228 g/mol. The summed E-state index contributed by atoms with van der Waals surface area (Å²) >= 11 is 0. The Balaban J connectivity index is 2.27. The van der Waals surface area contributed by atoms with Crippen molar-refractivity contribution in [2.75, 3.05) is 20.3 Å². The van der Waals surface area contributed by atoms with Crippen molar-refractivity contribution < 1.29 is 9.53 Å². The first-order valence-electron chi connectivity index (χ1n) is 6.24. The van der Waals surface area contributed by atoms with E-state index >= 15 is 0 Å². The number of hydrogen-bond donors (Lipinski definition) is 1. The molecule has 0 aliphatic carbocycles. The zero-order chi connectivity index (χ0) is 13.1. The van der Waals surface area contributed by atoms with Crippen molar-refractivity contribution in [1.29, 1.82) is 0 Å². The van der Waals surface area contributed by atoms with Gasteiger partial charge in [0.15, 0.2) is 0 Å². The average molecular weight is 248 g/mol. The van der Waals surface area contributed by atoms with Gasteiger partial charge in [0.05, 0.1) is 19.2 Å². The van der Waals surface area contributed by atoms with Crippen LogP contribution in [0.2, 0.25) is 0 Å². The van der Waals surface area contributed by atoms with E-state index < -0.39 is 0 Å². The molecule has 1 N–H and O–H groups in total. The van der Waals surface area contributed by atoms with Crippen LogP contribution in [0.5, 0.6) is 0 Å². The second kappa shape index (κ2) is 5.50. The highest BCUT2D eigenvalue weighted by atomic mass is 16.5. The first-order valence-corrected chi connectivity index (χ1v) is 6.24. The second-order valence-corrected chi connectivity index (χ2v) is 4.75. The fourth-order valence-corrected chi connectivity index (χ4v) is 2.49. The molecule has 0 bridgehead atoms. The summed E-state index contributed by atoms with van der Waals surface area (Å²) in [4.78, 5) is 13.9. The predicted molar refractivity (Wildman–Crippen MR) is 70.1 cm³/mol. The summed E-state index contributed by atoms with van der Waals surface area (Å²) in [6.07, 6.45) is -0.0381. The number of carbonyl (C=O) groups excluding carboxylic acids is 1. The molecular formula is C14H20N2O2. The van der Waals surface area contributed by atoms with Gasteiger partial charge in [-0.3, -0.25) is 10.1 Å². The molecule has 4 heteroatoms. The standard InChI is InChI=1S/C14H20N2O2/c1-10-6-4-5-7-12(10)14-15-8-13(17)16(14)11(2)9-18-3/h4-7,11,14-15H,8-9H2,1-3H3. The number of ether oxygens (including phenoxy) is 1. The van der Waals surface area contributed by atoms with Gasteiger partial charge in [0.25, 0.3) is 0 Å². The molecule has 1 saturated heterocycles. The van der Waals surface area contributed by atoms with E-state index in [1.807, 2.05) is 24.0 Å². The van der Waals surface area contributed by atoms with E-state index in [9.17, 15) is 4.79 Å². The third-order valence-corrected chi connectivity index (χ3v) is 3.38. The highest BCUT2D eigenvalue weighted by molar-refractivity contribution is 5.81. The Morgan fingerprint density at radius 3 is 2.89 bits per heavy atom.